The highest BCUT2D eigenvalue weighted by Crippen LogP contribution is 2.51. The van der Waals surface area contributed by atoms with Gasteiger partial charge in [-0.25, -0.2) is 4.98 Å². The van der Waals surface area contributed by atoms with E-state index in [1.165, 1.54) is 6.33 Å². The Kier molecular flexibility index (Phi) is 3.53. The Bertz CT molecular complexity index is 901. The summed E-state index contributed by atoms with van der Waals surface area (Å²) in [6.07, 6.45) is 1.31. The van der Waals surface area contributed by atoms with Crippen LogP contribution >= 0.6 is 7.60 Å². The Morgan fingerprint density at radius 2 is 1.95 bits per heavy atom. The summed E-state index contributed by atoms with van der Waals surface area (Å²) in [4.78, 5) is 43.8. The van der Waals surface area contributed by atoms with Crippen LogP contribution in [0.1, 0.15) is 11.3 Å². The van der Waals surface area contributed by atoms with Crippen LogP contribution in [0.25, 0.3) is 11.2 Å². The fourth-order valence-corrected chi connectivity index (χ4v) is 2.89. The van der Waals surface area contributed by atoms with Crippen molar-refractivity contribution in [3.05, 3.63) is 52.6 Å². The van der Waals surface area contributed by atoms with E-state index in [-0.39, 0.29) is 17.1 Å². The number of fused-ring (bicyclic) bond motifs is 1. The van der Waals surface area contributed by atoms with E-state index in [0.29, 0.717) is 5.56 Å². The summed E-state index contributed by atoms with van der Waals surface area (Å²) in [6.45, 7) is 0. The third kappa shape index (κ3) is 2.77. The average Bonchev–Trinajstić information content (AvgIpc) is 2.93. The van der Waals surface area contributed by atoms with Crippen molar-refractivity contribution < 1.29 is 14.4 Å². The number of imidazole rings is 1. The van der Waals surface area contributed by atoms with Crippen LogP contribution in [0.4, 0.5) is 5.95 Å². The van der Waals surface area contributed by atoms with Gasteiger partial charge < -0.3 is 20.1 Å². The molecule has 1 aromatic carbocycles. The highest BCUT2D eigenvalue weighted by Gasteiger charge is 2.31. The van der Waals surface area contributed by atoms with Crippen LogP contribution in [-0.4, -0.2) is 29.7 Å². The molecule has 0 amide bonds. The summed E-state index contributed by atoms with van der Waals surface area (Å²) in [5, 5.41) is 2.57. The van der Waals surface area contributed by atoms with Gasteiger partial charge >= 0.3 is 7.60 Å². The molecule has 0 aliphatic heterocycles. The summed E-state index contributed by atoms with van der Waals surface area (Å²) in [7, 11) is -4.53. The third-order valence-electron chi connectivity index (χ3n) is 3.02. The first-order chi connectivity index (χ1) is 10.4. The zero-order valence-corrected chi connectivity index (χ0v) is 12.0. The van der Waals surface area contributed by atoms with E-state index in [1.807, 2.05) is 0 Å². The van der Waals surface area contributed by atoms with Crippen LogP contribution in [-0.2, 0) is 4.57 Å². The van der Waals surface area contributed by atoms with E-state index in [2.05, 4.69) is 25.3 Å². The monoisotopic (exact) mass is 321 g/mol. The number of anilines is 1. The lowest BCUT2D eigenvalue weighted by Gasteiger charge is -2.20. The van der Waals surface area contributed by atoms with Gasteiger partial charge in [-0.2, -0.15) is 4.98 Å². The maximum absolute atomic E-state index is 11.8. The van der Waals surface area contributed by atoms with Gasteiger partial charge in [0.1, 0.15) is 0 Å². The molecule has 22 heavy (non-hydrogen) atoms. The normalized spacial score (nSPS) is 13.2. The fraction of sp³-hybridized carbons (Fsp3) is 0.0833. The van der Waals surface area contributed by atoms with Gasteiger partial charge in [-0.05, 0) is 5.56 Å². The lowest BCUT2D eigenvalue weighted by atomic mass is 10.2. The molecule has 0 fully saturated rings. The van der Waals surface area contributed by atoms with Crippen molar-refractivity contribution in [1.29, 1.82) is 0 Å². The van der Waals surface area contributed by atoms with Gasteiger partial charge in [0.15, 0.2) is 16.9 Å². The second-order valence-electron chi connectivity index (χ2n) is 4.56. The quantitative estimate of drug-likeness (QED) is 0.450. The number of nitrogens with one attached hydrogen (secondary N) is 3. The summed E-state index contributed by atoms with van der Waals surface area (Å²) < 4.78 is 11.7. The van der Waals surface area contributed by atoms with E-state index in [9.17, 15) is 19.1 Å². The topological polar surface area (TPSA) is 144 Å². The van der Waals surface area contributed by atoms with Crippen LogP contribution in [0.15, 0.2) is 41.5 Å². The van der Waals surface area contributed by atoms with Crippen molar-refractivity contribution in [1.82, 2.24) is 19.9 Å². The van der Waals surface area contributed by atoms with Gasteiger partial charge in [0.05, 0.1) is 6.33 Å². The van der Waals surface area contributed by atoms with Gasteiger partial charge in [-0.1, -0.05) is 30.3 Å². The molecule has 3 aromatic rings. The highest BCUT2D eigenvalue weighted by atomic mass is 31.2. The van der Waals surface area contributed by atoms with Gasteiger partial charge in [-0.15, -0.1) is 0 Å². The zero-order chi connectivity index (χ0) is 15.7. The maximum Gasteiger partial charge on any atom is 0.352 e. The third-order valence-corrected chi connectivity index (χ3v) is 4.12. The van der Waals surface area contributed by atoms with Gasteiger partial charge in [0.25, 0.3) is 5.56 Å². The molecular weight excluding hydrogens is 309 g/mol. The molecule has 3 rings (SSSR count). The standard InChI is InChI=1S/C12H12N5O4P/c18-10-8-9(14-6-13-8)15-12(16-10)17-11(22(19,20)21)7-4-2-1-3-5-7/h1-6,11H,(H2,19,20,21)(H3,13,14,15,16,17,18). The Morgan fingerprint density at radius 1 is 1.23 bits per heavy atom. The molecule has 0 aliphatic carbocycles. The molecule has 0 radical (unpaired) electrons. The van der Waals surface area contributed by atoms with Crippen molar-refractivity contribution >= 4 is 24.7 Å². The Balaban J connectivity index is 2.03. The molecule has 0 bridgehead atoms. The fourth-order valence-electron chi connectivity index (χ4n) is 2.04. The lowest BCUT2D eigenvalue weighted by Crippen LogP contribution is -2.17. The van der Waals surface area contributed by atoms with Gasteiger partial charge in [0.2, 0.25) is 5.95 Å². The first kappa shape index (κ1) is 14.5. The predicted octanol–water partition coefficient (Wildman–Crippen LogP) is 0.935. The summed E-state index contributed by atoms with van der Waals surface area (Å²) in [5.74, 6) is -1.39. The highest BCUT2D eigenvalue weighted by molar-refractivity contribution is 7.52. The number of H-pyrrole nitrogens is 2. The van der Waals surface area contributed by atoms with E-state index in [1.54, 1.807) is 30.3 Å². The van der Waals surface area contributed by atoms with E-state index in [0.717, 1.165) is 0 Å². The number of nitrogens with zero attached hydrogens (tertiary/aromatic N) is 2. The molecular formula is C12H12N5O4P. The summed E-state index contributed by atoms with van der Waals surface area (Å²) in [5.41, 5.74) is 0.241. The molecule has 0 saturated carbocycles. The van der Waals surface area contributed by atoms with Crippen molar-refractivity contribution in [3.63, 3.8) is 0 Å². The van der Waals surface area contributed by atoms with Gasteiger partial charge in [0, 0.05) is 0 Å². The molecule has 1 atom stereocenters. The first-order valence-corrected chi connectivity index (χ1v) is 7.93. The maximum atomic E-state index is 11.8. The van der Waals surface area contributed by atoms with Crippen molar-refractivity contribution in [2.24, 2.45) is 0 Å². The molecule has 2 heterocycles. The SMILES string of the molecule is O=c1[nH]c(NC(c2ccccc2)P(=O)(O)O)nc2nc[nH]c12. The number of aromatic nitrogens is 4. The Morgan fingerprint density at radius 3 is 2.64 bits per heavy atom. The minimum atomic E-state index is -4.53. The predicted molar refractivity (Wildman–Crippen MR) is 79.4 cm³/mol. The molecule has 0 aliphatic rings. The van der Waals surface area contributed by atoms with Crippen LogP contribution in [0.3, 0.4) is 0 Å². The Labute approximate surface area is 123 Å². The molecule has 1 unspecified atom stereocenters. The number of benzene rings is 1. The number of hydrogen-bond donors (Lipinski definition) is 5. The summed E-state index contributed by atoms with van der Waals surface area (Å²) >= 11 is 0. The van der Waals surface area contributed by atoms with Crippen molar-refractivity contribution in [2.75, 3.05) is 5.32 Å². The second-order valence-corrected chi connectivity index (χ2v) is 6.26. The van der Waals surface area contributed by atoms with E-state index in [4.69, 9.17) is 0 Å². The molecule has 5 N–H and O–H groups in total. The lowest BCUT2D eigenvalue weighted by molar-refractivity contribution is 0.363. The van der Waals surface area contributed by atoms with Crippen LogP contribution in [0.5, 0.6) is 0 Å². The molecule has 0 spiro atoms. The number of rotatable bonds is 4. The van der Waals surface area contributed by atoms with Crippen LogP contribution in [0, 0.1) is 0 Å². The smallest absolute Gasteiger partial charge is 0.339 e. The van der Waals surface area contributed by atoms with Gasteiger partial charge in [-0.3, -0.25) is 14.3 Å². The largest absolute Gasteiger partial charge is 0.352 e. The molecule has 10 heteroatoms. The molecule has 114 valence electrons. The van der Waals surface area contributed by atoms with Crippen LogP contribution in [0.2, 0.25) is 0 Å². The van der Waals surface area contributed by atoms with Crippen LogP contribution < -0.4 is 10.9 Å². The molecule has 0 saturated heterocycles. The molecule has 2 aromatic heterocycles. The Hall–Kier alpha value is -2.48. The average molecular weight is 321 g/mol. The minimum Gasteiger partial charge on any atom is -0.339 e. The number of hydrogen-bond acceptors (Lipinski definition) is 5. The van der Waals surface area contributed by atoms with E-state index >= 15 is 0 Å². The first-order valence-electron chi connectivity index (χ1n) is 6.25. The number of aromatic amines is 2. The van der Waals surface area contributed by atoms with Crippen molar-refractivity contribution in [2.45, 2.75) is 5.78 Å². The molecule has 9 nitrogen and oxygen atoms in total. The second kappa shape index (κ2) is 5.38. The van der Waals surface area contributed by atoms with Crippen molar-refractivity contribution in [3.8, 4) is 0 Å². The zero-order valence-electron chi connectivity index (χ0n) is 11.1. The minimum absolute atomic E-state index is 0.0678. The summed E-state index contributed by atoms with van der Waals surface area (Å²) in [6, 6.07) is 8.19. The van der Waals surface area contributed by atoms with E-state index < -0.39 is 18.9 Å².